The first-order valence-electron chi connectivity index (χ1n) is 7.45. The summed E-state index contributed by atoms with van der Waals surface area (Å²) in [5.41, 5.74) is 0.765. The number of carbonyl (C=O) groups excluding carboxylic acids is 3. The van der Waals surface area contributed by atoms with E-state index in [4.69, 9.17) is 9.47 Å². The van der Waals surface area contributed by atoms with Gasteiger partial charge in [0.15, 0.2) is 0 Å². The second kappa shape index (κ2) is 10.3. The van der Waals surface area contributed by atoms with Crippen LogP contribution >= 0.6 is 0 Å². The van der Waals surface area contributed by atoms with Crippen molar-refractivity contribution in [2.75, 3.05) is 14.2 Å². The monoisotopic (exact) mass is 354 g/mol. The summed E-state index contributed by atoms with van der Waals surface area (Å²) in [7, 11) is 2.33. The minimum atomic E-state index is -1.36. The third-order valence-corrected chi connectivity index (χ3v) is 3.18. The van der Waals surface area contributed by atoms with Crippen molar-refractivity contribution in [1.82, 2.24) is 10.6 Å². The van der Waals surface area contributed by atoms with Crippen LogP contribution in [0.3, 0.4) is 0 Å². The van der Waals surface area contributed by atoms with E-state index in [0.717, 1.165) is 12.7 Å². The maximum atomic E-state index is 12.2. The Bertz CT molecular complexity index is 577. The number of hydrogen-bond acceptors (Lipinski definition) is 7. The lowest BCUT2D eigenvalue weighted by Gasteiger charge is -2.23. The minimum absolute atomic E-state index is 0.00365. The minimum Gasteiger partial charge on any atom is -0.466 e. The number of benzene rings is 1. The molecule has 2 amide bonds. The van der Waals surface area contributed by atoms with Crippen LogP contribution < -0.4 is 10.6 Å². The first-order valence-corrected chi connectivity index (χ1v) is 7.45. The molecule has 0 radical (unpaired) electrons. The van der Waals surface area contributed by atoms with E-state index in [1.54, 1.807) is 24.3 Å². The zero-order valence-electron chi connectivity index (χ0n) is 14.2. The second-order valence-corrected chi connectivity index (χ2v) is 5.07. The third-order valence-electron chi connectivity index (χ3n) is 3.18. The second-order valence-electron chi connectivity index (χ2n) is 5.07. The normalized spacial score (nSPS) is 13.9. The number of amides is 2. The zero-order chi connectivity index (χ0) is 18.8. The fourth-order valence-corrected chi connectivity index (χ4v) is 1.84. The molecule has 3 atom stereocenters. The van der Waals surface area contributed by atoms with Crippen molar-refractivity contribution in [2.24, 2.45) is 0 Å². The van der Waals surface area contributed by atoms with Gasteiger partial charge in [0, 0.05) is 7.11 Å². The van der Waals surface area contributed by atoms with Gasteiger partial charge in [0.25, 0.3) is 0 Å². The Morgan fingerprint density at radius 3 is 2.28 bits per heavy atom. The van der Waals surface area contributed by atoms with Gasteiger partial charge >= 0.3 is 12.1 Å². The van der Waals surface area contributed by atoms with E-state index in [-0.39, 0.29) is 6.61 Å². The number of esters is 1. The molecule has 0 heterocycles. The van der Waals surface area contributed by atoms with Crippen LogP contribution in [0.1, 0.15) is 12.5 Å². The van der Waals surface area contributed by atoms with Gasteiger partial charge < -0.3 is 30.0 Å². The number of carbonyl (C=O) groups is 3. The van der Waals surface area contributed by atoms with Gasteiger partial charge in [0.2, 0.25) is 12.1 Å². The molecule has 0 fully saturated rings. The highest BCUT2D eigenvalue weighted by molar-refractivity contribution is 5.89. The number of hydrogen-bond donors (Lipinski definition) is 3. The summed E-state index contributed by atoms with van der Waals surface area (Å²) in [5.74, 6) is -1.66. The molecule has 0 aliphatic heterocycles. The molecule has 9 nitrogen and oxygen atoms in total. The summed E-state index contributed by atoms with van der Waals surface area (Å²) in [5, 5.41) is 14.2. The average Bonchev–Trinajstić information content (AvgIpc) is 2.62. The molecule has 1 aromatic carbocycles. The van der Waals surface area contributed by atoms with E-state index in [0.29, 0.717) is 0 Å². The van der Waals surface area contributed by atoms with E-state index < -0.39 is 36.3 Å². The van der Waals surface area contributed by atoms with Gasteiger partial charge in [0.1, 0.15) is 12.6 Å². The smallest absolute Gasteiger partial charge is 0.408 e. The zero-order valence-corrected chi connectivity index (χ0v) is 14.2. The van der Waals surface area contributed by atoms with Crippen LogP contribution in [0, 0.1) is 0 Å². The Hall–Kier alpha value is -2.65. The lowest BCUT2D eigenvalue weighted by atomic mass is 10.1. The molecule has 0 unspecified atom stereocenters. The number of aliphatic hydroxyl groups is 1. The maximum Gasteiger partial charge on any atom is 0.408 e. The van der Waals surface area contributed by atoms with Crippen molar-refractivity contribution >= 4 is 18.0 Å². The van der Waals surface area contributed by atoms with E-state index in [1.165, 1.54) is 14.0 Å². The van der Waals surface area contributed by atoms with Gasteiger partial charge in [-0.2, -0.15) is 0 Å². The van der Waals surface area contributed by atoms with Crippen molar-refractivity contribution in [3.05, 3.63) is 35.9 Å². The fraction of sp³-hybridized carbons (Fsp3) is 0.438. The van der Waals surface area contributed by atoms with Crippen molar-refractivity contribution < 1.29 is 33.7 Å². The summed E-state index contributed by atoms with van der Waals surface area (Å²) in [6, 6.07) is 7.61. The van der Waals surface area contributed by atoms with Crippen LogP contribution in [0.15, 0.2) is 30.3 Å². The highest BCUT2D eigenvalue weighted by Gasteiger charge is 2.30. The number of nitrogens with one attached hydrogen (secondary N) is 2. The molecular weight excluding hydrogens is 332 g/mol. The average molecular weight is 354 g/mol. The maximum absolute atomic E-state index is 12.2. The summed E-state index contributed by atoms with van der Waals surface area (Å²) in [6.45, 7) is 1.31. The molecule has 0 aliphatic rings. The van der Waals surface area contributed by atoms with E-state index in [2.05, 4.69) is 15.4 Å². The molecule has 138 valence electrons. The standard InChI is InChI=1S/C16H22N2O7/c1-10(19)12(13(20)18-14(23-2)15(21)24-3)17-16(22)25-9-11-7-5-4-6-8-11/h4-8,10,12,14,19H,9H2,1-3H3,(H,17,22)(H,18,20)/t10-,12+,14+/m0/s1. The molecule has 25 heavy (non-hydrogen) atoms. The molecule has 0 bridgehead atoms. The Kier molecular flexibility index (Phi) is 8.37. The van der Waals surface area contributed by atoms with Gasteiger partial charge in [0.05, 0.1) is 13.2 Å². The van der Waals surface area contributed by atoms with Crippen molar-refractivity contribution in [2.45, 2.75) is 31.9 Å². The first-order chi connectivity index (χ1) is 11.9. The molecule has 0 saturated carbocycles. The van der Waals surface area contributed by atoms with Crippen LogP contribution in [0.25, 0.3) is 0 Å². The summed E-state index contributed by atoms with van der Waals surface area (Å²) in [4.78, 5) is 35.4. The number of methoxy groups -OCH3 is 2. The van der Waals surface area contributed by atoms with Crippen LogP contribution in [0.4, 0.5) is 4.79 Å². The van der Waals surface area contributed by atoms with Crippen molar-refractivity contribution in [3.8, 4) is 0 Å². The number of alkyl carbamates (subject to hydrolysis) is 1. The van der Waals surface area contributed by atoms with Gasteiger partial charge in [-0.1, -0.05) is 30.3 Å². The predicted octanol–water partition coefficient (Wildman–Crippen LogP) is -0.0761. The summed E-state index contributed by atoms with van der Waals surface area (Å²) in [6.07, 6.45) is -3.49. The fourth-order valence-electron chi connectivity index (χ4n) is 1.84. The Balaban J connectivity index is 2.61. The Morgan fingerprint density at radius 1 is 1.12 bits per heavy atom. The van der Waals surface area contributed by atoms with Gasteiger partial charge in [-0.3, -0.25) is 4.79 Å². The van der Waals surface area contributed by atoms with Gasteiger partial charge in [-0.05, 0) is 12.5 Å². The van der Waals surface area contributed by atoms with E-state index in [1.807, 2.05) is 6.07 Å². The van der Waals surface area contributed by atoms with Gasteiger partial charge in [-0.25, -0.2) is 9.59 Å². The lowest BCUT2D eigenvalue weighted by molar-refractivity contribution is -0.157. The molecule has 0 saturated heterocycles. The molecule has 0 spiro atoms. The largest absolute Gasteiger partial charge is 0.466 e. The van der Waals surface area contributed by atoms with Crippen molar-refractivity contribution in [3.63, 3.8) is 0 Å². The Labute approximate surface area is 145 Å². The lowest BCUT2D eigenvalue weighted by Crippen LogP contribution is -2.56. The van der Waals surface area contributed by atoms with Crippen molar-refractivity contribution in [1.29, 1.82) is 0 Å². The quantitative estimate of drug-likeness (QED) is 0.441. The van der Waals surface area contributed by atoms with Crippen LogP contribution in [-0.4, -0.2) is 55.7 Å². The van der Waals surface area contributed by atoms with Crippen LogP contribution in [-0.2, 0) is 30.4 Å². The highest BCUT2D eigenvalue weighted by Crippen LogP contribution is 2.02. The highest BCUT2D eigenvalue weighted by atomic mass is 16.6. The van der Waals surface area contributed by atoms with Crippen LogP contribution in [0.5, 0.6) is 0 Å². The molecule has 3 N–H and O–H groups in total. The predicted molar refractivity (Wildman–Crippen MR) is 86.2 cm³/mol. The van der Waals surface area contributed by atoms with Gasteiger partial charge in [-0.15, -0.1) is 0 Å². The third kappa shape index (κ3) is 6.77. The topological polar surface area (TPSA) is 123 Å². The molecular formula is C16H22N2O7. The van der Waals surface area contributed by atoms with E-state index >= 15 is 0 Å². The van der Waals surface area contributed by atoms with E-state index in [9.17, 15) is 19.5 Å². The number of aliphatic hydroxyl groups excluding tert-OH is 1. The first kappa shape index (κ1) is 20.4. The number of rotatable bonds is 8. The molecule has 0 aromatic heterocycles. The summed E-state index contributed by atoms with van der Waals surface area (Å²) < 4.78 is 14.2. The van der Waals surface area contributed by atoms with Crippen LogP contribution in [0.2, 0.25) is 0 Å². The SMILES string of the molecule is COC(=O)[C@H](NC(=O)[C@H](NC(=O)OCc1ccccc1)[C@H](C)O)OC. The molecule has 9 heteroatoms. The molecule has 1 rings (SSSR count). The molecule has 0 aliphatic carbocycles. The molecule has 1 aromatic rings. The summed E-state index contributed by atoms with van der Waals surface area (Å²) >= 11 is 0. The Morgan fingerprint density at radius 2 is 1.76 bits per heavy atom. The number of ether oxygens (including phenoxy) is 3.